The van der Waals surface area contributed by atoms with Gasteiger partial charge in [-0.15, -0.1) is 5.10 Å². The number of nitrogens with one attached hydrogen (secondary N) is 1. The molecule has 1 aromatic heterocycles. The molecule has 0 radical (unpaired) electrons. The predicted octanol–water partition coefficient (Wildman–Crippen LogP) is 2.29. The average molecular weight is 374 g/mol. The molecule has 0 saturated carbocycles. The molecule has 2 heterocycles. The topological polar surface area (TPSA) is 76.5 Å². The number of carbonyl (C=O) groups excluding carboxylic acids is 2. The van der Waals surface area contributed by atoms with Crippen LogP contribution in [0.1, 0.15) is 55.3 Å². The van der Waals surface area contributed by atoms with Gasteiger partial charge < -0.3 is 15.0 Å². The highest BCUT2D eigenvalue weighted by atomic mass is 16.5. The van der Waals surface area contributed by atoms with Gasteiger partial charge in [-0.25, -0.2) is 0 Å². The molecule has 2 amide bonds. The van der Waals surface area contributed by atoms with Crippen LogP contribution < -0.4 is 10.1 Å². The van der Waals surface area contributed by atoms with E-state index < -0.39 is 0 Å². The van der Waals surface area contributed by atoms with E-state index in [9.17, 15) is 9.59 Å². The molecule has 7 heteroatoms. The molecule has 27 heavy (non-hydrogen) atoms. The molecular formula is C20H30N4O3. The van der Waals surface area contributed by atoms with Gasteiger partial charge in [-0.2, -0.15) is 0 Å². The zero-order chi connectivity index (χ0) is 19.2. The monoisotopic (exact) mass is 374 g/mol. The van der Waals surface area contributed by atoms with E-state index in [1.54, 1.807) is 22.8 Å². The molecule has 7 nitrogen and oxygen atoms in total. The number of amides is 2. The average Bonchev–Trinajstić information content (AvgIpc) is 3.09. The number of rotatable bonds is 6. The normalized spacial score (nSPS) is 20.1. The van der Waals surface area contributed by atoms with Crippen LogP contribution >= 0.6 is 0 Å². The quantitative estimate of drug-likeness (QED) is 0.775. The van der Waals surface area contributed by atoms with E-state index in [-0.39, 0.29) is 17.7 Å². The minimum atomic E-state index is -0.147. The molecule has 0 spiro atoms. The molecule has 1 aliphatic carbocycles. The molecule has 1 N–H and O–H groups in total. The zero-order valence-corrected chi connectivity index (χ0v) is 16.4. The Labute approximate surface area is 160 Å². The van der Waals surface area contributed by atoms with Crippen LogP contribution in [0.4, 0.5) is 0 Å². The SMILES string of the molecule is COc1nn(C)cc1C(=O)N1CCCC(C(=O)NCCC2=CCCCC2)C1. The third-order valence-corrected chi connectivity index (χ3v) is 5.43. The molecule has 0 bridgehead atoms. The molecule has 148 valence electrons. The van der Waals surface area contributed by atoms with E-state index in [0.29, 0.717) is 31.1 Å². The Balaban J connectivity index is 1.52. The van der Waals surface area contributed by atoms with Crippen molar-refractivity contribution in [2.45, 2.75) is 44.9 Å². The molecule has 1 aromatic rings. The summed E-state index contributed by atoms with van der Waals surface area (Å²) in [5.74, 6) is 0.118. The molecule has 1 atom stereocenters. The van der Waals surface area contributed by atoms with Gasteiger partial charge in [0.1, 0.15) is 5.56 Å². The van der Waals surface area contributed by atoms with Gasteiger partial charge in [0.15, 0.2) is 0 Å². The Hall–Kier alpha value is -2.31. The summed E-state index contributed by atoms with van der Waals surface area (Å²) in [6.45, 7) is 1.80. The number of aryl methyl sites for hydroxylation is 1. The minimum Gasteiger partial charge on any atom is -0.479 e. The summed E-state index contributed by atoms with van der Waals surface area (Å²) in [7, 11) is 3.26. The number of ether oxygens (including phenoxy) is 1. The summed E-state index contributed by atoms with van der Waals surface area (Å²) in [6.07, 6.45) is 11.4. The maximum Gasteiger partial charge on any atom is 0.260 e. The fraction of sp³-hybridized carbons (Fsp3) is 0.650. The molecule has 1 unspecified atom stereocenters. The molecule has 2 aliphatic rings. The number of allylic oxidation sites excluding steroid dienone is 1. The first kappa shape index (κ1) is 19.5. The van der Waals surface area contributed by atoms with Crippen LogP contribution in [-0.4, -0.2) is 53.2 Å². The van der Waals surface area contributed by atoms with Gasteiger partial charge in [-0.05, 0) is 44.9 Å². The number of piperidine rings is 1. The maximum atomic E-state index is 12.8. The molecule has 3 rings (SSSR count). The van der Waals surface area contributed by atoms with Crippen LogP contribution in [0.2, 0.25) is 0 Å². The van der Waals surface area contributed by atoms with E-state index in [1.165, 1.54) is 31.9 Å². The Morgan fingerprint density at radius 1 is 1.33 bits per heavy atom. The van der Waals surface area contributed by atoms with Gasteiger partial charge in [-0.1, -0.05) is 11.6 Å². The lowest BCUT2D eigenvalue weighted by molar-refractivity contribution is -0.126. The van der Waals surface area contributed by atoms with Gasteiger partial charge in [0.05, 0.1) is 13.0 Å². The highest BCUT2D eigenvalue weighted by molar-refractivity contribution is 5.96. The van der Waals surface area contributed by atoms with Crippen LogP contribution in [0, 0.1) is 5.92 Å². The lowest BCUT2D eigenvalue weighted by Gasteiger charge is -2.32. The molecule has 1 saturated heterocycles. The third kappa shape index (κ3) is 4.90. The number of hydrogen-bond acceptors (Lipinski definition) is 4. The first-order valence-corrected chi connectivity index (χ1v) is 9.91. The summed E-state index contributed by atoms with van der Waals surface area (Å²) in [5.41, 5.74) is 1.91. The van der Waals surface area contributed by atoms with Crippen molar-refractivity contribution < 1.29 is 14.3 Å². The first-order valence-electron chi connectivity index (χ1n) is 9.91. The van der Waals surface area contributed by atoms with Crippen LogP contribution in [0.5, 0.6) is 5.88 Å². The van der Waals surface area contributed by atoms with Gasteiger partial charge in [0.2, 0.25) is 11.8 Å². The highest BCUT2D eigenvalue weighted by Crippen LogP contribution is 2.23. The van der Waals surface area contributed by atoms with Crippen LogP contribution in [0.25, 0.3) is 0 Å². The van der Waals surface area contributed by atoms with E-state index in [4.69, 9.17) is 4.74 Å². The summed E-state index contributed by atoms with van der Waals surface area (Å²) in [4.78, 5) is 27.1. The fourth-order valence-corrected chi connectivity index (χ4v) is 3.93. The Morgan fingerprint density at radius 2 is 2.19 bits per heavy atom. The number of hydrogen-bond donors (Lipinski definition) is 1. The summed E-state index contributed by atoms with van der Waals surface area (Å²) in [6, 6.07) is 0. The van der Waals surface area contributed by atoms with Crippen molar-refractivity contribution in [2.75, 3.05) is 26.7 Å². The van der Waals surface area contributed by atoms with E-state index in [2.05, 4.69) is 16.5 Å². The second-order valence-electron chi connectivity index (χ2n) is 7.47. The van der Waals surface area contributed by atoms with Crippen LogP contribution in [0.15, 0.2) is 17.8 Å². The standard InChI is InChI=1S/C20H30N4O3/c1-23-14-17(19(22-23)27-2)20(26)24-12-6-9-16(13-24)18(25)21-11-10-15-7-4-3-5-8-15/h7,14,16H,3-6,8-13H2,1-2H3,(H,21,25). The zero-order valence-electron chi connectivity index (χ0n) is 16.4. The predicted molar refractivity (Wildman–Crippen MR) is 103 cm³/mol. The van der Waals surface area contributed by atoms with Crippen molar-refractivity contribution in [3.05, 3.63) is 23.4 Å². The van der Waals surface area contributed by atoms with E-state index >= 15 is 0 Å². The third-order valence-electron chi connectivity index (χ3n) is 5.43. The van der Waals surface area contributed by atoms with Gasteiger partial charge in [0.25, 0.3) is 5.91 Å². The summed E-state index contributed by atoms with van der Waals surface area (Å²) >= 11 is 0. The first-order chi connectivity index (χ1) is 13.1. The van der Waals surface area contributed by atoms with Crippen molar-refractivity contribution >= 4 is 11.8 Å². The maximum absolute atomic E-state index is 12.8. The molecule has 0 aromatic carbocycles. The smallest absolute Gasteiger partial charge is 0.260 e. The second-order valence-corrected chi connectivity index (χ2v) is 7.47. The number of carbonyl (C=O) groups is 2. The fourth-order valence-electron chi connectivity index (χ4n) is 3.93. The van der Waals surface area contributed by atoms with Crippen LogP contribution in [-0.2, 0) is 11.8 Å². The number of methoxy groups -OCH3 is 1. The van der Waals surface area contributed by atoms with Gasteiger partial charge >= 0.3 is 0 Å². The summed E-state index contributed by atoms with van der Waals surface area (Å²) < 4.78 is 6.77. The lowest BCUT2D eigenvalue weighted by Crippen LogP contribution is -2.45. The Morgan fingerprint density at radius 3 is 2.93 bits per heavy atom. The van der Waals surface area contributed by atoms with Crippen LogP contribution in [0.3, 0.4) is 0 Å². The minimum absolute atomic E-state index is 0.0575. The van der Waals surface area contributed by atoms with E-state index in [0.717, 1.165) is 25.7 Å². The summed E-state index contributed by atoms with van der Waals surface area (Å²) in [5, 5.41) is 7.21. The van der Waals surface area contributed by atoms with Gasteiger partial charge in [0, 0.05) is 32.9 Å². The molecular weight excluding hydrogens is 344 g/mol. The number of nitrogens with zero attached hydrogens (tertiary/aromatic N) is 3. The van der Waals surface area contributed by atoms with Crippen molar-refractivity contribution in [1.29, 1.82) is 0 Å². The lowest BCUT2D eigenvalue weighted by atomic mass is 9.95. The Bertz CT molecular complexity index is 710. The molecule has 1 fully saturated rings. The highest BCUT2D eigenvalue weighted by Gasteiger charge is 2.30. The van der Waals surface area contributed by atoms with E-state index in [1.807, 2.05) is 0 Å². The number of likely N-dealkylation sites (tertiary alicyclic amines) is 1. The second kappa shape index (κ2) is 9.06. The van der Waals surface area contributed by atoms with Gasteiger partial charge in [-0.3, -0.25) is 14.3 Å². The largest absolute Gasteiger partial charge is 0.479 e. The number of aromatic nitrogens is 2. The van der Waals surface area contributed by atoms with Crippen molar-refractivity contribution in [2.24, 2.45) is 13.0 Å². The van der Waals surface area contributed by atoms with Crippen molar-refractivity contribution in [3.8, 4) is 5.88 Å². The van der Waals surface area contributed by atoms with Crippen molar-refractivity contribution in [1.82, 2.24) is 20.0 Å². The molecule has 1 aliphatic heterocycles. The van der Waals surface area contributed by atoms with Crippen molar-refractivity contribution in [3.63, 3.8) is 0 Å². The Kier molecular flexibility index (Phi) is 6.53.